The molecule has 0 spiro atoms. The van der Waals surface area contributed by atoms with E-state index in [1.54, 1.807) is 17.0 Å². The Labute approximate surface area is 146 Å². The Morgan fingerprint density at radius 1 is 1.28 bits per heavy atom. The lowest BCUT2D eigenvalue weighted by atomic mass is 10.0. The molecule has 1 saturated heterocycles. The maximum atomic E-state index is 13.1. The molecule has 2 aromatic rings. The Balaban J connectivity index is 1.81. The summed E-state index contributed by atoms with van der Waals surface area (Å²) >= 11 is 0. The maximum Gasteiger partial charge on any atom is 0.318 e. The Morgan fingerprint density at radius 3 is 2.68 bits per heavy atom. The molecule has 1 aromatic heterocycles. The minimum absolute atomic E-state index is 0.126. The second-order valence-corrected chi connectivity index (χ2v) is 7.35. The van der Waals surface area contributed by atoms with Gasteiger partial charge in [-0.3, -0.25) is 0 Å². The number of carbonyl (C=O) groups excluding carboxylic acids is 1. The summed E-state index contributed by atoms with van der Waals surface area (Å²) in [5, 5.41) is 6.98. The molecule has 2 amide bonds. The molecule has 6 nitrogen and oxygen atoms in total. The lowest BCUT2D eigenvalue weighted by molar-refractivity contribution is 0.126. The van der Waals surface area contributed by atoms with Gasteiger partial charge in [0.25, 0.3) is 0 Å². The number of urea groups is 1. The van der Waals surface area contributed by atoms with Crippen molar-refractivity contribution in [3.8, 4) is 11.4 Å². The van der Waals surface area contributed by atoms with Crippen LogP contribution in [0.15, 0.2) is 28.8 Å². The number of aromatic nitrogens is 2. The SMILES string of the molecule is CC(C)(C)NC(=O)N1CCCC[C@H]1c1nc(-c2ccc(F)cc2)no1. The fourth-order valence-corrected chi connectivity index (χ4v) is 2.91. The molecular weight excluding hydrogens is 323 g/mol. The van der Waals surface area contributed by atoms with E-state index < -0.39 is 0 Å². The number of amides is 2. The van der Waals surface area contributed by atoms with Crippen molar-refractivity contribution in [2.45, 2.75) is 51.6 Å². The Morgan fingerprint density at radius 2 is 2.00 bits per heavy atom. The van der Waals surface area contributed by atoms with Crippen LogP contribution in [0.25, 0.3) is 11.4 Å². The molecule has 0 saturated carbocycles. The first kappa shape index (κ1) is 17.4. The van der Waals surface area contributed by atoms with Crippen LogP contribution < -0.4 is 5.32 Å². The van der Waals surface area contributed by atoms with Crippen LogP contribution >= 0.6 is 0 Å². The largest absolute Gasteiger partial charge is 0.337 e. The normalized spacial score (nSPS) is 18.2. The summed E-state index contributed by atoms with van der Waals surface area (Å²) in [4.78, 5) is 18.8. The molecule has 0 aliphatic carbocycles. The summed E-state index contributed by atoms with van der Waals surface area (Å²) in [6, 6.07) is 5.56. The molecule has 1 N–H and O–H groups in total. The molecular formula is C18H23FN4O2. The number of benzene rings is 1. The van der Waals surface area contributed by atoms with Gasteiger partial charge in [-0.2, -0.15) is 4.98 Å². The fraction of sp³-hybridized carbons (Fsp3) is 0.500. The van der Waals surface area contributed by atoms with Gasteiger partial charge in [0, 0.05) is 17.6 Å². The van der Waals surface area contributed by atoms with Gasteiger partial charge in [-0.1, -0.05) is 5.16 Å². The first-order chi connectivity index (χ1) is 11.8. The molecule has 134 valence electrons. The Hall–Kier alpha value is -2.44. The molecule has 1 fully saturated rings. The quantitative estimate of drug-likeness (QED) is 0.895. The summed E-state index contributed by atoms with van der Waals surface area (Å²) in [6.07, 6.45) is 2.73. The van der Waals surface area contributed by atoms with Gasteiger partial charge in [0.1, 0.15) is 11.9 Å². The van der Waals surface area contributed by atoms with E-state index in [2.05, 4.69) is 15.5 Å². The van der Waals surface area contributed by atoms with Crippen LogP contribution in [0.2, 0.25) is 0 Å². The van der Waals surface area contributed by atoms with Crippen LogP contribution in [0.3, 0.4) is 0 Å². The molecule has 2 heterocycles. The monoisotopic (exact) mass is 346 g/mol. The van der Waals surface area contributed by atoms with E-state index in [1.165, 1.54) is 12.1 Å². The Kier molecular flexibility index (Phi) is 4.74. The highest BCUT2D eigenvalue weighted by molar-refractivity contribution is 5.75. The van der Waals surface area contributed by atoms with Crippen LogP contribution in [0.1, 0.15) is 52.0 Å². The summed E-state index contributed by atoms with van der Waals surface area (Å²) in [7, 11) is 0. The number of likely N-dealkylation sites (tertiary alicyclic amines) is 1. The smallest absolute Gasteiger partial charge is 0.318 e. The predicted molar refractivity (Wildman–Crippen MR) is 91.3 cm³/mol. The average molecular weight is 346 g/mol. The second kappa shape index (κ2) is 6.82. The first-order valence-corrected chi connectivity index (χ1v) is 8.52. The van der Waals surface area contributed by atoms with Crippen LogP contribution in [-0.2, 0) is 0 Å². The molecule has 25 heavy (non-hydrogen) atoms. The van der Waals surface area contributed by atoms with Crippen LogP contribution in [-0.4, -0.2) is 33.2 Å². The van der Waals surface area contributed by atoms with Crippen molar-refractivity contribution in [2.24, 2.45) is 0 Å². The van der Waals surface area contributed by atoms with Crippen LogP contribution in [0.4, 0.5) is 9.18 Å². The molecule has 1 aliphatic rings. The number of nitrogens with one attached hydrogen (secondary N) is 1. The summed E-state index contributed by atoms with van der Waals surface area (Å²) < 4.78 is 18.5. The predicted octanol–water partition coefficient (Wildman–Crippen LogP) is 3.91. The minimum atomic E-state index is -0.315. The summed E-state index contributed by atoms with van der Waals surface area (Å²) in [5.41, 5.74) is 0.366. The zero-order chi connectivity index (χ0) is 18.0. The van der Waals surface area contributed by atoms with Crippen molar-refractivity contribution in [1.29, 1.82) is 0 Å². The number of rotatable bonds is 2. The van der Waals surface area contributed by atoms with Gasteiger partial charge in [-0.05, 0) is 64.3 Å². The number of hydrogen-bond acceptors (Lipinski definition) is 4. The zero-order valence-corrected chi connectivity index (χ0v) is 14.8. The number of carbonyl (C=O) groups is 1. The number of hydrogen-bond donors (Lipinski definition) is 1. The van der Waals surface area contributed by atoms with Crippen molar-refractivity contribution < 1.29 is 13.7 Å². The van der Waals surface area contributed by atoms with Crippen molar-refractivity contribution >= 4 is 6.03 Å². The van der Waals surface area contributed by atoms with Gasteiger partial charge in [0.2, 0.25) is 11.7 Å². The average Bonchev–Trinajstić information content (AvgIpc) is 3.04. The van der Waals surface area contributed by atoms with Gasteiger partial charge >= 0.3 is 6.03 Å². The summed E-state index contributed by atoms with van der Waals surface area (Å²) in [5.74, 6) is 0.504. The van der Waals surface area contributed by atoms with E-state index in [0.717, 1.165) is 19.3 Å². The maximum absolute atomic E-state index is 13.1. The topological polar surface area (TPSA) is 71.3 Å². The third kappa shape index (κ3) is 4.15. The molecule has 7 heteroatoms. The molecule has 1 aromatic carbocycles. The highest BCUT2D eigenvalue weighted by Gasteiger charge is 2.33. The van der Waals surface area contributed by atoms with Crippen molar-refractivity contribution in [3.63, 3.8) is 0 Å². The van der Waals surface area contributed by atoms with Crippen molar-refractivity contribution in [2.75, 3.05) is 6.54 Å². The molecule has 0 bridgehead atoms. The van der Waals surface area contributed by atoms with Crippen molar-refractivity contribution in [1.82, 2.24) is 20.4 Å². The molecule has 3 rings (SSSR count). The molecule has 0 radical (unpaired) electrons. The molecule has 1 aliphatic heterocycles. The fourth-order valence-electron chi connectivity index (χ4n) is 2.91. The van der Waals surface area contributed by atoms with Gasteiger partial charge in [0.05, 0.1) is 0 Å². The first-order valence-electron chi connectivity index (χ1n) is 8.52. The standard InChI is InChI=1S/C18H23FN4O2/c1-18(2,3)21-17(24)23-11-5-4-6-14(23)16-20-15(22-25-16)12-7-9-13(19)10-8-12/h7-10,14H,4-6,11H2,1-3H3,(H,21,24)/t14-/m0/s1. The summed E-state index contributed by atoms with van der Waals surface area (Å²) in [6.45, 7) is 6.50. The van der Waals surface area contributed by atoms with E-state index in [1.807, 2.05) is 20.8 Å². The van der Waals surface area contributed by atoms with E-state index in [-0.39, 0.29) is 23.4 Å². The van der Waals surface area contributed by atoms with E-state index in [9.17, 15) is 9.18 Å². The van der Waals surface area contributed by atoms with Gasteiger partial charge in [-0.15, -0.1) is 0 Å². The zero-order valence-electron chi connectivity index (χ0n) is 14.8. The minimum Gasteiger partial charge on any atom is -0.337 e. The van der Waals surface area contributed by atoms with E-state index in [4.69, 9.17) is 4.52 Å². The lowest BCUT2D eigenvalue weighted by Crippen LogP contribution is -2.50. The van der Waals surface area contributed by atoms with Gasteiger partial charge in [0.15, 0.2) is 0 Å². The number of halogens is 1. The third-order valence-corrected chi connectivity index (χ3v) is 4.07. The lowest BCUT2D eigenvalue weighted by Gasteiger charge is -2.35. The van der Waals surface area contributed by atoms with Gasteiger partial charge < -0.3 is 14.7 Å². The second-order valence-electron chi connectivity index (χ2n) is 7.35. The Bertz CT molecular complexity index is 736. The molecule has 1 atom stereocenters. The third-order valence-electron chi connectivity index (χ3n) is 4.07. The van der Waals surface area contributed by atoms with Crippen molar-refractivity contribution in [3.05, 3.63) is 36.0 Å². The molecule has 0 unspecified atom stereocenters. The van der Waals surface area contributed by atoms with Crippen LogP contribution in [0, 0.1) is 5.82 Å². The highest BCUT2D eigenvalue weighted by atomic mass is 19.1. The van der Waals surface area contributed by atoms with Gasteiger partial charge in [-0.25, -0.2) is 9.18 Å². The van der Waals surface area contributed by atoms with E-state index >= 15 is 0 Å². The van der Waals surface area contributed by atoms with Crippen LogP contribution in [0.5, 0.6) is 0 Å². The highest BCUT2D eigenvalue weighted by Crippen LogP contribution is 2.31. The number of nitrogens with zero attached hydrogens (tertiary/aromatic N) is 3. The van der Waals surface area contributed by atoms with E-state index in [0.29, 0.717) is 23.8 Å². The number of piperidine rings is 1.